The van der Waals surface area contributed by atoms with Crippen molar-refractivity contribution in [2.75, 3.05) is 19.7 Å². The fraction of sp³-hybridized carbons (Fsp3) is 0.667. The van der Waals surface area contributed by atoms with Gasteiger partial charge in [-0.2, -0.15) is 13.2 Å². The number of carbonyl (C=O) groups excluding carboxylic acids is 1. The highest BCUT2D eigenvalue weighted by molar-refractivity contribution is 6.31. The third-order valence-corrected chi connectivity index (χ3v) is 1.21. The molecule has 2 N–H and O–H groups in total. The van der Waals surface area contributed by atoms with Crippen LogP contribution in [0.1, 0.15) is 0 Å². The van der Waals surface area contributed by atoms with Crippen LogP contribution in [0, 0.1) is 0 Å². The molecule has 0 fully saturated rings. The lowest BCUT2D eigenvalue weighted by Gasteiger charge is -2.20. The van der Waals surface area contributed by atoms with E-state index in [9.17, 15) is 22.8 Å². The van der Waals surface area contributed by atoms with Crippen molar-refractivity contribution < 1.29 is 33.0 Å². The number of aliphatic hydroxyl groups excluding tert-OH is 1. The van der Waals surface area contributed by atoms with E-state index in [1.807, 2.05) is 0 Å². The zero-order valence-electron chi connectivity index (χ0n) is 6.91. The second-order valence-corrected chi connectivity index (χ2v) is 2.37. The second-order valence-electron chi connectivity index (χ2n) is 2.37. The summed E-state index contributed by atoms with van der Waals surface area (Å²) in [5, 5.41) is 16.4. The van der Waals surface area contributed by atoms with Crippen LogP contribution in [0.3, 0.4) is 0 Å². The smallest absolute Gasteiger partial charge is 0.406 e. The number of aliphatic carboxylic acids is 1. The number of amides is 1. The molecule has 0 heterocycles. The van der Waals surface area contributed by atoms with Crippen LogP contribution in [-0.2, 0) is 9.59 Å². The van der Waals surface area contributed by atoms with Crippen molar-refractivity contribution in [3.05, 3.63) is 0 Å². The fourth-order valence-corrected chi connectivity index (χ4v) is 0.725. The number of hydrogen-bond acceptors (Lipinski definition) is 3. The molecule has 0 unspecified atom stereocenters. The number of rotatable bonds is 3. The highest BCUT2D eigenvalue weighted by atomic mass is 19.4. The van der Waals surface area contributed by atoms with Crippen molar-refractivity contribution in [2.45, 2.75) is 6.18 Å². The van der Waals surface area contributed by atoms with Crippen LogP contribution in [0.2, 0.25) is 0 Å². The van der Waals surface area contributed by atoms with Gasteiger partial charge in [0, 0.05) is 6.54 Å². The summed E-state index contributed by atoms with van der Waals surface area (Å²) in [6, 6.07) is 0. The van der Waals surface area contributed by atoms with E-state index in [-0.39, 0.29) is 4.90 Å². The number of hydrogen-bond donors (Lipinski definition) is 2. The van der Waals surface area contributed by atoms with E-state index in [2.05, 4.69) is 0 Å². The number of alkyl halides is 3. The minimum Gasteiger partial charge on any atom is -0.474 e. The average molecular weight is 215 g/mol. The van der Waals surface area contributed by atoms with Crippen molar-refractivity contribution in [1.29, 1.82) is 0 Å². The normalized spacial score (nSPS) is 11.1. The summed E-state index contributed by atoms with van der Waals surface area (Å²) in [6.07, 6.45) is -4.68. The Morgan fingerprint density at radius 2 is 1.79 bits per heavy atom. The monoisotopic (exact) mass is 215 g/mol. The Bertz CT molecular complexity index is 228. The number of carboxylic acids is 1. The molecule has 0 saturated heterocycles. The van der Waals surface area contributed by atoms with Gasteiger partial charge in [0.25, 0.3) is 0 Å². The number of nitrogens with zero attached hydrogens (tertiary/aromatic N) is 1. The molecule has 1 amide bonds. The number of carboxylic acid groups (broad SMARTS) is 1. The molecule has 0 atom stereocenters. The Hall–Kier alpha value is -1.31. The number of halogens is 3. The maximum absolute atomic E-state index is 11.8. The van der Waals surface area contributed by atoms with Crippen LogP contribution in [0.5, 0.6) is 0 Å². The quantitative estimate of drug-likeness (QED) is 0.619. The van der Waals surface area contributed by atoms with Crippen LogP contribution in [0.15, 0.2) is 0 Å². The molecule has 0 aliphatic heterocycles. The van der Waals surface area contributed by atoms with Gasteiger partial charge in [0.1, 0.15) is 6.54 Å². The summed E-state index contributed by atoms with van der Waals surface area (Å²) in [4.78, 5) is 20.7. The largest absolute Gasteiger partial charge is 0.474 e. The molecular formula is C6H8F3NO4. The molecule has 0 aromatic carbocycles. The van der Waals surface area contributed by atoms with E-state index >= 15 is 0 Å². The molecule has 0 radical (unpaired) electrons. The predicted molar refractivity (Wildman–Crippen MR) is 37.4 cm³/mol. The van der Waals surface area contributed by atoms with Crippen LogP contribution in [0.4, 0.5) is 13.2 Å². The molecule has 0 aromatic heterocycles. The lowest BCUT2D eigenvalue weighted by molar-refractivity contribution is -0.170. The van der Waals surface area contributed by atoms with Crippen LogP contribution in [0.25, 0.3) is 0 Å². The van der Waals surface area contributed by atoms with Crippen LogP contribution < -0.4 is 0 Å². The van der Waals surface area contributed by atoms with Gasteiger partial charge in [-0.1, -0.05) is 0 Å². The molecule has 0 bridgehead atoms. The maximum atomic E-state index is 11.8. The van der Waals surface area contributed by atoms with Gasteiger partial charge in [0.2, 0.25) is 0 Å². The summed E-state index contributed by atoms with van der Waals surface area (Å²) in [7, 11) is 0. The Balaban J connectivity index is 4.44. The standard InChI is InChI=1S/C6H8F3NO4/c7-6(8,9)3-10(1-2-11)4(12)5(13)14/h11H,1-3H2,(H,13,14). The molecule has 0 aromatic rings. The SMILES string of the molecule is O=C(O)C(=O)N(CCO)CC(F)(F)F. The lowest BCUT2D eigenvalue weighted by Crippen LogP contribution is -2.43. The first kappa shape index (κ1) is 12.7. The van der Waals surface area contributed by atoms with E-state index in [1.54, 1.807) is 0 Å². The van der Waals surface area contributed by atoms with Crippen molar-refractivity contribution >= 4 is 11.9 Å². The zero-order chi connectivity index (χ0) is 11.4. The van der Waals surface area contributed by atoms with Crippen LogP contribution in [-0.4, -0.2) is 52.9 Å². The average Bonchev–Trinajstić information content (AvgIpc) is 1.99. The van der Waals surface area contributed by atoms with Crippen molar-refractivity contribution in [1.82, 2.24) is 4.90 Å². The van der Waals surface area contributed by atoms with Crippen LogP contribution >= 0.6 is 0 Å². The first-order valence-electron chi connectivity index (χ1n) is 3.47. The molecule has 82 valence electrons. The molecule has 0 spiro atoms. The fourth-order valence-electron chi connectivity index (χ4n) is 0.725. The van der Waals surface area contributed by atoms with Gasteiger partial charge in [-0.15, -0.1) is 0 Å². The van der Waals surface area contributed by atoms with E-state index in [1.165, 1.54) is 0 Å². The number of carbonyl (C=O) groups is 2. The zero-order valence-corrected chi connectivity index (χ0v) is 6.91. The minimum absolute atomic E-state index is 0.0162. The summed E-state index contributed by atoms with van der Waals surface area (Å²) >= 11 is 0. The molecule has 0 aliphatic carbocycles. The Kier molecular flexibility index (Phi) is 4.35. The maximum Gasteiger partial charge on any atom is 0.406 e. The Morgan fingerprint density at radius 3 is 2.07 bits per heavy atom. The third-order valence-electron chi connectivity index (χ3n) is 1.21. The molecule has 0 aliphatic rings. The van der Waals surface area contributed by atoms with Crippen molar-refractivity contribution in [2.24, 2.45) is 0 Å². The summed E-state index contributed by atoms with van der Waals surface area (Å²) in [5.41, 5.74) is 0. The molecule has 0 saturated carbocycles. The van der Waals surface area contributed by atoms with Gasteiger partial charge in [0.15, 0.2) is 0 Å². The number of aliphatic hydroxyl groups is 1. The molecule has 8 heteroatoms. The van der Waals surface area contributed by atoms with Gasteiger partial charge in [-0.05, 0) is 0 Å². The Morgan fingerprint density at radius 1 is 1.29 bits per heavy atom. The second kappa shape index (κ2) is 4.80. The van der Waals surface area contributed by atoms with Gasteiger partial charge < -0.3 is 15.1 Å². The van der Waals surface area contributed by atoms with E-state index in [0.717, 1.165) is 0 Å². The third kappa shape index (κ3) is 4.65. The van der Waals surface area contributed by atoms with Gasteiger partial charge in [-0.3, -0.25) is 4.79 Å². The summed E-state index contributed by atoms with van der Waals surface area (Å²) in [6.45, 7) is -3.07. The van der Waals surface area contributed by atoms with E-state index < -0.39 is 37.7 Å². The summed E-state index contributed by atoms with van der Waals surface area (Å²) in [5.74, 6) is -3.67. The first-order chi connectivity index (χ1) is 6.28. The predicted octanol–water partition coefficient (Wildman–Crippen LogP) is -0.546. The Labute approximate surface area is 76.7 Å². The topological polar surface area (TPSA) is 77.8 Å². The van der Waals surface area contributed by atoms with E-state index in [0.29, 0.717) is 0 Å². The summed E-state index contributed by atoms with van der Waals surface area (Å²) < 4.78 is 35.4. The first-order valence-corrected chi connectivity index (χ1v) is 3.47. The van der Waals surface area contributed by atoms with Gasteiger partial charge in [0.05, 0.1) is 6.61 Å². The van der Waals surface area contributed by atoms with Gasteiger partial charge in [-0.25, -0.2) is 4.79 Å². The molecule has 5 nitrogen and oxygen atoms in total. The molecular weight excluding hydrogens is 207 g/mol. The molecule has 0 rings (SSSR count). The van der Waals surface area contributed by atoms with Crippen molar-refractivity contribution in [3.8, 4) is 0 Å². The lowest BCUT2D eigenvalue weighted by atomic mass is 10.4. The van der Waals surface area contributed by atoms with Gasteiger partial charge >= 0.3 is 18.1 Å². The van der Waals surface area contributed by atoms with Crippen molar-refractivity contribution in [3.63, 3.8) is 0 Å². The highest BCUT2D eigenvalue weighted by Crippen LogP contribution is 2.16. The highest BCUT2D eigenvalue weighted by Gasteiger charge is 2.34. The van der Waals surface area contributed by atoms with E-state index in [4.69, 9.17) is 10.2 Å². The minimum atomic E-state index is -4.68. The molecule has 14 heavy (non-hydrogen) atoms.